The Labute approximate surface area is 544 Å². The number of carbonyl (C=O) groups is 13. The Kier molecular flexibility index (Phi) is 25.8. The predicted molar refractivity (Wildman–Crippen MR) is 341 cm³/mol. The van der Waals surface area contributed by atoms with Gasteiger partial charge in [-0.2, -0.15) is 12.6 Å². The van der Waals surface area contributed by atoms with E-state index in [1.807, 2.05) is 31.2 Å². The molecule has 6 fully saturated rings. The maximum Gasteiger partial charge on any atom is 0.326 e. The molecule has 6 saturated heterocycles. The minimum Gasteiger partial charge on any atom is -0.480 e. The number of aliphatic imine (C=N–C) groups is 1. The van der Waals surface area contributed by atoms with Gasteiger partial charge in [0.1, 0.15) is 60.4 Å². The summed E-state index contributed by atoms with van der Waals surface area (Å²) in [5, 5.41) is 33.3. The van der Waals surface area contributed by atoms with Gasteiger partial charge in [-0.15, -0.1) is 0 Å². The summed E-state index contributed by atoms with van der Waals surface area (Å²) in [5.74, 6) is -8.51. The third-order valence-corrected chi connectivity index (χ3v) is 19.1. The van der Waals surface area contributed by atoms with E-state index < -0.39 is 131 Å². The molecule has 0 aliphatic carbocycles. The van der Waals surface area contributed by atoms with E-state index in [0.29, 0.717) is 63.7 Å². The number of guanidine groups is 1. The molecular weight excluding hydrogens is 1230 g/mol. The standard InChI is InChI=1S/C53H76N14O12.C9H15NO3S/c1-3-29(2)43(51(77)66-25-9-16-39(66)50(76)67-26-10-17-40(67)52(78)79)63-45(71)34(18-20-41(54)68)60-46(72)37-14-7-23-64(37)48(74)35(13-6-22-57-53(55)56)61-47(73)38-15-8-24-65(38)49(75)36(62-44(70)33-19-21-42(69)59-33)27-30-28-58-32-12-5-4-11-31(30)32;1-6(5-14)8(11)10-4-2-3-7(10)9(12)13/h4-5,11-12,28-29,33-40,43,58H,3,6-10,13-27H2,1-2H3,(H2,54,68)(H,59,69)(H,60,72)(H,61,73)(H,62,70)(H,63,71)(H,78,79)(H4,55,56,57);6-7,14H,2-5H2,1H3,(H,12,13)/t29?,33-,34-,35-,36-,37-,38-,39-,40-,43-;6-,7+/m01/s1. The minimum absolute atomic E-state index is 0.00945. The number of aromatic amines is 1. The Morgan fingerprint density at radius 2 is 1.15 bits per heavy atom. The smallest absolute Gasteiger partial charge is 0.326 e. The van der Waals surface area contributed by atoms with E-state index in [0.717, 1.165) is 22.9 Å². The van der Waals surface area contributed by atoms with Gasteiger partial charge in [-0.3, -0.25) is 57.7 Å². The average Bonchev–Trinajstić information content (AvgIpc) is 1.74. The van der Waals surface area contributed by atoms with Crippen molar-refractivity contribution in [2.75, 3.05) is 45.0 Å². The predicted octanol–water partition coefficient (Wildman–Crippen LogP) is -1.03. The Balaban J connectivity index is 0.000000773. The van der Waals surface area contributed by atoms with Crippen molar-refractivity contribution < 1.29 is 72.5 Å². The van der Waals surface area contributed by atoms with Crippen LogP contribution in [-0.2, 0) is 68.7 Å². The summed E-state index contributed by atoms with van der Waals surface area (Å²) in [5.41, 5.74) is 18.2. The van der Waals surface area contributed by atoms with Crippen molar-refractivity contribution in [2.45, 2.75) is 197 Å². The SMILES string of the molecule is CCC(C)[C@H](NC(=O)[C@H](CCC(N)=O)NC(=O)[C@@H]1CCCN1C(=O)[C@H](CCCN=C(N)N)NC(=O)[C@@H]1CCCN1C(=O)[C@H](Cc1c[nH]c2ccccc12)NC(=O)[C@@H]1CCC(=O)N1)C(=O)N1CCC[C@H]1C(=O)N1CCC[C@H]1C(=O)O.C[C@H](CS)C(=O)N1CCC[C@H]1C(=O)O. The van der Waals surface area contributed by atoms with E-state index in [2.05, 4.69) is 49.2 Å². The first-order valence-corrected chi connectivity index (χ1v) is 33.0. The first-order chi connectivity index (χ1) is 44.3. The first-order valence-electron chi connectivity index (χ1n) is 32.3. The fourth-order valence-corrected chi connectivity index (χ4v) is 13.3. The number of para-hydroxylation sites is 1. The average molecular weight is 1320 g/mol. The molecule has 8 rings (SSSR count). The largest absolute Gasteiger partial charge is 0.480 e. The molecule has 93 heavy (non-hydrogen) atoms. The molecule has 2 aromatic rings. The molecule has 31 heteroatoms. The van der Waals surface area contributed by atoms with Crippen LogP contribution in [0, 0.1) is 11.8 Å². The number of aliphatic carboxylic acids is 2. The molecular formula is C62H91N15O15S. The number of benzene rings is 1. The van der Waals surface area contributed by atoms with Crippen molar-refractivity contribution in [2.24, 2.45) is 34.0 Å². The lowest BCUT2D eigenvalue weighted by molar-refractivity contribution is -0.152. The molecule has 0 bridgehead atoms. The van der Waals surface area contributed by atoms with Crippen LogP contribution < -0.4 is 43.8 Å². The molecule has 12 atom stereocenters. The van der Waals surface area contributed by atoms with Crippen LogP contribution in [0.2, 0.25) is 0 Å². The number of rotatable bonds is 27. The molecule has 6 aliphatic rings. The molecule has 0 saturated carbocycles. The summed E-state index contributed by atoms with van der Waals surface area (Å²) < 4.78 is 0. The summed E-state index contributed by atoms with van der Waals surface area (Å²) in [7, 11) is 0. The van der Waals surface area contributed by atoms with Gasteiger partial charge in [0.05, 0.1) is 0 Å². The maximum absolute atomic E-state index is 14.8. The number of carboxylic acid groups (broad SMARTS) is 2. The molecule has 1 unspecified atom stereocenters. The Morgan fingerprint density at radius 1 is 0.634 bits per heavy atom. The number of likely N-dealkylation sites (tertiary alicyclic amines) is 5. The molecule has 1 aromatic heterocycles. The second-order valence-corrected chi connectivity index (χ2v) is 25.3. The highest BCUT2D eigenvalue weighted by Crippen LogP contribution is 2.29. The summed E-state index contributed by atoms with van der Waals surface area (Å²) in [4.78, 5) is 187. The fraction of sp³-hybridized carbons (Fsp3) is 0.645. The van der Waals surface area contributed by atoms with Gasteiger partial charge >= 0.3 is 11.9 Å². The second kappa shape index (κ2) is 33.4. The number of thiol groups is 1. The van der Waals surface area contributed by atoms with Crippen LogP contribution in [-0.4, -0.2) is 228 Å². The van der Waals surface area contributed by atoms with Gasteiger partial charge < -0.3 is 83.5 Å². The van der Waals surface area contributed by atoms with E-state index in [9.17, 15) is 67.4 Å². The highest BCUT2D eigenvalue weighted by Gasteiger charge is 2.47. The van der Waals surface area contributed by atoms with Gasteiger partial charge in [0.15, 0.2) is 5.96 Å². The lowest BCUT2D eigenvalue weighted by Crippen LogP contribution is -2.60. The van der Waals surface area contributed by atoms with Crippen molar-refractivity contribution in [3.8, 4) is 0 Å². The fourth-order valence-electron chi connectivity index (χ4n) is 13.2. The molecule has 7 heterocycles. The number of carboxylic acids is 2. The molecule has 6 aliphatic heterocycles. The maximum atomic E-state index is 14.8. The quantitative estimate of drug-likeness (QED) is 0.0220. The summed E-state index contributed by atoms with van der Waals surface area (Å²) in [6, 6.07) is -3.14. The topological polar surface area (TPSA) is 445 Å². The van der Waals surface area contributed by atoms with E-state index in [1.54, 1.807) is 20.0 Å². The molecule has 1 aromatic carbocycles. The first kappa shape index (κ1) is 71.9. The van der Waals surface area contributed by atoms with E-state index >= 15 is 0 Å². The zero-order valence-corrected chi connectivity index (χ0v) is 54.0. The van der Waals surface area contributed by atoms with Crippen LogP contribution in [0.25, 0.3) is 10.9 Å². The lowest BCUT2D eigenvalue weighted by Gasteiger charge is -2.34. The van der Waals surface area contributed by atoms with E-state index in [4.69, 9.17) is 22.3 Å². The Hall–Kier alpha value is -8.51. The monoisotopic (exact) mass is 1320 g/mol. The third kappa shape index (κ3) is 18.2. The Bertz CT molecular complexity index is 3140. The molecule has 14 N–H and O–H groups in total. The number of fused-ring (bicyclic) bond motifs is 1. The number of hydrogen-bond donors (Lipinski definition) is 12. The minimum atomic E-state index is -1.42. The summed E-state index contributed by atoms with van der Waals surface area (Å²) >= 11 is 4.03. The van der Waals surface area contributed by atoms with Crippen molar-refractivity contribution in [1.82, 2.24) is 56.1 Å². The van der Waals surface area contributed by atoms with Gasteiger partial charge in [0.2, 0.25) is 65.0 Å². The summed E-state index contributed by atoms with van der Waals surface area (Å²) in [6.07, 6.45) is 6.36. The zero-order chi connectivity index (χ0) is 67.8. The molecule has 0 spiro atoms. The molecule has 510 valence electrons. The lowest BCUT2D eigenvalue weighted by atomic mass is 9.96. The molecule has 0 radical (unpaired) electrons. The highest BCUT2D eigenvalue weighted by molar-refractivity contribution is 7.80. The summed E-state index contributed by atoms with van der Waals surface area (Å²) in [6.45, 7) is 6.67. The number of aromatic nitrogens is 1. The van der Waals surface area contributed by atoms with Crippen molar-refractivity contribution in [1.29, 1.82) is 0 Å². The number of amides is 11. The van der Waals surface area contributed by atoms with Crippen LogP contribution >= 0.6 is 12.6 Å². The van der Waals surface area contributed by atoms with Crippen LogP contribution in [0.4, 0.5) is 0 Å². The number of hydrogen-bond acceptors (Lipinski definition) is 15. The number of nitrogens with one attached hydrogen (secondary N) is 6. The van der Waals surface area contributed by atoms with Gasteiger partial charge in [-0.25, -0.2) is 9.59 Å². The van der Waals surface area contributed by atoms with Crippen LogP contribution in [0.15, 0.2) is 35.5 Å². The molecule has 11 amide bonds. The number of carbonyl (C=O) groups excluding carboxylic acids is 11. The van der Waals surface area contributed by atoms with Gasteiger partial charge in [0, 0.05) is 87.3 Å². The zero-order valence-electron chi connectivity index (χ0n) is 53.1. The van der Waals surface area contributed by atoms with Gasteiger partial charge in [-0.1, -0.05) is 45.4 Å². The van der Waals surface area contributed by atoms with Gasteiger partial charge in [-0.05, 0) is 107 Å². The van der Waals surface area contributed by atoms with Crippen molar-refractivity contribution >= 4 is 106 Å². The van der Waals surface area contributed by atoms with Crippen molar-refractivity contribution in [3.05, 3.63) is 36.0 Å². The second-order valence-electron chi connectivity index (χ2n) is 24.9. The normalized spacial score (nSPS) is 22.9. The highest BCUT2D eigenvalue weighted by atomic mass is 32.1. The van der Waals surface area contributed by atoms with Crippen LogP contribution in [0.5, 0.6) is 0 Å². The number of nitrogens with zero attached hydrogens (tertiary/aromatic N) is 6. The van der Waals surface area contributed by atoms with E-state index in [-0.39, 0.29) is 114 Å². The number of H-pyrrole nitrogens is 1. The molecule has 30 nitrogen and oxygen atoms in total. The Morgan fingerprint density at radius 3 is 1.70 bits per heavy atom. The van der Waals surface area contributed by atoms with Crippen LogP contribution in [0.1, 0.15) is 135 Å². The van der Waals surface area contributed by atoms with Crippen molar-refractivity contribution in [3.63, 3.8) is 0 Å². The number of nitrogens with two attached hydrogens (primary N) is 3. The van der Waals surface area contributed by atoms with E-state index in [1.165, 1.54) is 24.5 Å². The third-order valence-electron chi connectivity index (χ3n) is 18.5. The number of primary amides is 1. The van der Waals surface area contributed by atoms with Crippen LogP contribution in [0.3, 0.4) is 0 Å². The van der Waals surface area contributed by atoms with Gasteiger partial charge in [0.25, 0.3) is 0 Å².